The van der Waals surface area contributed by atoms with Gasteiger partial charge < -0.3 is 15.4 Å². The van der Waals surface area contributed by atoms with Crippen LogP contribution >= 0.6 is 0 Å². The number of rotatable bonds is 8. The van der Waals surface area contributed by atoms with Gasteiger partial charge in [0.05, 0.1) is 0 Å². The average Bonchev–Trinajstić information content (AvgIpc) is 2.53. The van der Waals surface area contributed by atoms with Gasteiger partial charge in [-0.1, -0.05) is 36.4 Å². The van der Waals surface area contributed by atoms with E-state index in [0.717, 1.165) is 25.1 Å². The Bertz CT molecular complexity index is 591. The van der Waals surface area contributed by atoms with Crippen molar-refractivity contribution in [2.75, 3.05) is 27.2 Å². The van der Waals surface area contributed by atoms with Crippen LogP contribution in [0.2, 0.25) is 0 Å². The van der Waals surface area contributed by atoms with Crippen molar-refractivity contribution in [2.24, 2.45) is 5.73 Å². The third-order valence-electron chi connectivity index (χ3n) is 3.81. The quantitative estimate of drug-likeness (QED) is 0.810. The molecule has 0 saturated heterocycles. The normalized spacial score (nSPS) is 12.4. The molecule has 0 aliphatic heterocycles. The van der Waals surface area contributed by atoms with Crippen LogP contribution in [-0.4, -0.2) is 38.2 Å². The predicted octanol–water partition coefficient (Wildman–Crippen LogP) is 3.57. The van der Waals surface area contributed by atoms with E-state index in [1.54, 1.807) is 0 Å². The van der Waals surface area contributed by atoms with Crippen LogP contribution in [0.25, 0.3) is 11.1 Å². The number of nitrogens with two attached hydrogens (primary N) is 1. The fourth-order valence-electron chi connectivity index (χ4n) is 2.39. The minimum atomic E-state index is 0.247. The summed E-state index contributed by atoms with van der Waals surface area (Å²) in [7, 11) is 4.09. The second kappa shape index (κ2) is 8.70. The average molecular weight is 312 g/mol. The monoisotopic (exact) mass is 312 g/mol. The van der Waals surface area contributed by atoms with Crippen molar-refractivity contribution in [2.45, 2.75) is 25.8 Å². The molecule has 0 bridgehead atoms. The molecule has 0 saturated carbocycles. The molecular weight excluding hydrogens is 284 g/mol. The molecule has 0 heterocycles. The SMILES string of the molecule is CC(N)CCc1cccc(-c2ccc(OCCN(C)C)cc2)c1. The summed E-state index contributed by atoms with van der Waals surface area (Å²) < 4.78 is 5.74. The van der Waals surface area contributed by atoms with E-state index in [2.05, 4.69) is 48.2 Å². The van der Waals surface area contributed by atoms with Crippen LogP contribution in [-0.2, 0) is 6.42 Å². The number of likely N-dealkylation sites (N-methyl/N-ethyl adjacent to an activating group) is 1. The molecule has 0 aromatic heterocycles. The van der Waals surface area contributed by atoms with Crippen LogP contribution in [0.5, 0.6) is 5.75 Å². The molecule has 2 N–H and O–H groups in total. The third-order valence-corrected chi connectivity index (χ3v) is 3.81. The number of nitrogens with zero attached hydrogens (tertiary/aromatic N) is 1. The molecule has 3 heteroatoms. The maximum atomic E-state index is 5.85. The van der Waals surface area contributed by atoms with E-state index in [4.69, 9.17) is 10.5 Å². The molecule has 0 spiro atoms. The van der Waals surface area contributed by atoms with E-state index >= 15 is 0 Å². The van der Waals surface area contributed by atoms with Crippen molar-refractivity contribution in [3.05, 3.63) is 54.1 Å². The Hall–Kier alpha value is -1.84. The standard InChI is InChI=1S/C20H28N2O/c1-16(21)7-8-17-5-4-6-19(15-17)18-9-11-20(12-10-18)23-14-13-22(2)3/h4-6,9-12,15-16H,7-8,13-14,21H2,1-3H3. The highest BCUT2D eigenvalue weighted by Crippen LogP contribution is 2.23. The van der Waals surface area contributed by atoms with Gasteiger partial charge in [0.2, 0.25) is 0 Å². The number of hydrogen-bond donors (Lipinski definition) is 1. The van der Waals surface area contributed by atoms with Gasteiger partial charge in [-0.15, -0.1) is 0 Å². The number of aryl methyl sites for hydroxylation is 1. The van der Waals surface area contributed by atoms with Crippen LogP contribution < -0.4 is 10.5 Å². The molecule has 3 nitrogen and oxygen atoms in total. The van der Waals surface area contributed by atoms with Crippen LogP contribution in [0.1, 0.15) is 18.9 Å². The van der Waals surface area contributed by atoms with E-state index in [1.807, 2.05) is 26.2 Å². The summed E-state index contributed by atoms with van der Waals surface area (Å²) in [6.45, 7) is 3.68. The van der Waals surface area contributed by atoms with Crippen LogP contribution in [0.3, 0.4) is 0 Å². The van der Waals surface area contributed by atoms with Gasteiger partial charge in [0, 0.05) is 12.6 Å². The van der Waals surface area contributed by atoms with E-state index in [0.29, 0.717) is 6.61 Å². The number of benzene rings is 2. The summed E-state index contributed by atoms with van der Waals surface area (Å²) in [5.41, 5.74) is 9.64. The van der Waals surface area contributed by atoms with Crippen LogP contribution in [0, 0.1) is 0 Å². The summed E-state index contributed by atoms with van der Waals surface area (Å²) in [5, 5.41) is 0. The van der Waals surface area contributed by atoms with Crippen molar-refractivity contribution in [3.63, 3.8) is 0 Å². The molecule has 1 unspecified atom stereocenters. The molecular formula is C20H28N2O. The molecule has 0 aliphatic rings. The Morgan fingerprint density at radius 2 is 1.78 bits per heavy atom. The van der Waals surface area contributed by atoms with E-state index in [9.17, 15) is 0 Å². The molecule has 0 fully saturated rings. The van der Waals surface area contributed by atoms with Gasteiger partial charge in [0.15, 0.2) is 0 Å². The van der Waals surface area contributed by atoms with Gasteiger partial charge >= 0.3 is 0 Å². The van der Waals surface area contributed by atoms with Crippen molar-refractivity contribution >= 4 is 0 Å². The van der Waals surface area contributed by atoms with Crippen molar-refractivity contribution < 1.29 is 4.74 Å². The molecule has 23 heavy (non-hydrogen) atoms. The summed E-state index contributed by atoms with van der Waals surface area (Å²) >= 11 is 0. The lowest BCUT2D eigenvalue weighted by molar-refractivity contribution is 0.261. The maximum Gasteiger partial charge on any atom is 0.119 e. The first kappa shape index (κ1) is 17.5. The first-order valence-electron chi connectivity index (χ1n) is 8.27. The largest absolute Gasteiger partial charge is 0.492 e. The maximum absolute atomic E-state index is 5.85. The zero-order valence-electron chi connectivity index (χ0n) is 14.5. The minimum Gasteiger partial charge on any atom is -0.492 e. The second-order valence-corrected chi connectivity index (χ2v) is 6.39. The van der Waals surface area contributed by atoms with E-state index < -0.39 is 0 Å². The van der Waals surface area contributed by atoms with E-state index in [-0.39, 0.29) is 6.04 Å². The Labute approximate surface area is 140 Å². The molecule has 124 valence electrons. The Kier molecular flexibility index (Phi) is 6.63. The molecule has 2 rings (SSSR count). The topological polar surface area (TPSA) is 38.5 Å². The Balaban J connectivity index is 2.00. The molecule has 2 aromatic carbocycles. The summed E-state index contributed by atoms with van der Waals surface area (Å²) in [4.78, 5) is 2.11. The van der Waals surface area contributed by atoms with Crippen molar-refractivity contribution in [1.29, 1.82) is 0 Å². The Morgan fingerprint density at radius 1 is 1.04 bits per heavy atom. The molecule has 2 aromatic rings. The second-order valence-electron chi connectivity index (χ2n) is 6.39. The van der Waals surface area contributed by atoms with Crippen LogP contribution in [0.15, 0.2) is 48.5 Å². The molecule has 1 atom stereocenters. The highest BCUT2D eigenvalue weighted by atomic mass is 16.5. The minimum absolute atomic E-state index is 0.247. The van der Waals surface area contributed by atoms with Gasteiger partial charge in [-0.3, -0.25) is 0 Å². The summed E-state index contributed by atoms with van der Waals surface area (Å²) in [6.07, 6.45) is 2.04. The highest BCUT2D eigenvalue weighted by Gasteiger charge is 2.02. The zero-order chi connectivity index (χ0) is 16.7. The summed E-state index contributed by atoms with van der Waals surface area (Å²) in [6, 6.07) is 17.3. The molecule has 0 radical (unpaired) electrons. The van der Waals surface area contributed by atoms with Gasteiger partial charge in [0.1, 0.15) is 12.4 Å². The van der Waals surface area contributed by atoms with Gasteiger partial charge in [0.25, 0.3) is 0 Å². The first-order valence-corrected chi connectivity index (χ1v) is 8.27. The van der Waals surface area contributed by atoms with Gasteiger partial charge in [-0.25, -0.2) is 0 Å². The smallest absolute Gasteiger partial charge is 0.119 e. The zero-order valence-corrected chi connectivity index (χ0v) is 14.5. The number of ether oxygens (including phenoxy) is 1. The Morgan fingerprint density at radius 3 is 2.43 bits per heavy atom. The first-order chi connectivity index (χ1) is 11.0. The van der Waals surface area contributed by atoms with Crippen molar-refractivity contribution in [3.8, 4) is 16.9 Å². The fraction of sp³-hybridized carbons (Fsp3) is 0.400. The molecule has 0 aliphatic carbocycles. The molecule has 0 amide bonds. The lowest BCUT2D eigenvalue weighted by Crippen LogP contribution is -2.19. The fourth-order valence-corrected chi connectivity index (χ4v) is 2.39. The third kappa shape index (κ3) is 6.05. The summed E-state index contributed by atoms with van der Waals surface area (Å²) in [5.74, 6) is 0.920. The van der Waals surface area contributed by atoms with Crippen molar-refractivity contribution in [1.82, 2.24) is 4.90 Å². The van der Waals surface area contributed by atoms with Gasteiger partial charge in [-0.05, 0) is 62.7 Å². The number of hydrogen-bond acceptors (Lipinski definition) is 3. The van der Waals surface area contributed by atoms with E-state index in [1.165, 1.54) is 16.7 Å². The van der Waals surface area contributed by atoms with Gasteiger partial charge in [-0.2, -0.15) is 0 Å². The predicted molar refractivity (Wildman–Crippen MR) is 97.9 cm³/mol. The lowest BCUT2D eigenvalue weighted by Gasteiger charge is -2.11. The van der Waals surface area contributed by atoms with Crippen LogP contribution in [0.4, 0.5) is 0 Å². The highest BCUT2D eigenvalue weighted by molar-refractivity contribution is 5.64. The lowest BCUT2D eigenvalue weighted by atomic mass is 10.00.